The van der Waals surface area contributed by atoms with Crippen LogP contribution >= 0.6 is 0 Å². The van der Waals surface area contributed by atoms with Crippen LogP contribution in [-0.2, 0) is 15.9 Å². The van der Waals surface area contributed by atoms with Crippen molar-refractivity contribution < 1.29 is 18.7 Å². The molecule has 1 fully saturated rings. The van der Waals surface area contributed by atoms with Gasteiger partial charge in [-0.1, -0.05) is 0 Å². The summed E-state index contributed by atoms with van der Waals surface area (Å²) in [6.07, 6.45) is 8.78. The van der Waals surface area contributed by atoms with Gasteiger partial charge in [0.05, 0.1) is 30.7 Å². The molecule has 9 heteroatoms. The molecular weight excluding hydrogens is 410 g/mol. The Morgan fingerprint density at radius 3 is 3.06 bits per heavy atom. The highest BCUT2D eigenvalue weighted by molar-refractivity contribution is 5.88. The maximum Gasteiger partial charge on any atom is 0.341 e. The molecule has 2 aromatic heterocycles. The summed E-state index contributed by atoms with van der Waals surface area (Å²) >= 11 is 0. The molecule has 0 radical (unpaired) electrons. The largest absolute Gasteiger partial charge is 0.469 e. The van der Waals surface area contributed by atoms with Crippen molar-refractivity contribution >= 4 is 11.9 Å². The summed E-state index contributed by atoms with van der Waals surface area (Å²) in [6.45, 7) is 8.76. The van der Waals surface area contributed by atoms with E-state index in [4.69, 9.17) is 18.9 Å². The number of carbonyl (C=O) groups is 1. The number of likely N-dealkylation sites (tertiary alicyclic amines) is 1. The molecule has 176 valence electrons. The highest BCUT2D eigenvalue weighted by Gasteiger charge is 2.25. The summed E-state index contributed by atoms with van der Waals surface area (Å²) in [5, 5.41) is 7.93. The lowest BCUT2D eigenvalue weighted by Gasteiger charge is -2.35. The number of carbonyl (C=O) groups excluding carboxylic acids is 1. The molecule has 9 nitrogen and oxygen atoms in total. The summed E-state index contributed by atoms with van der Waals surface area (Å²) < 4.78 is 17.8. The normalized spacial score (nSPS) is 16.9. The summed E-state index contributed by atoms with van der Waals surface area (Å²) in [5.41, 5.74) is 0.491. The average Bonchev–Trinajstić information content (AvgIpc) is 3.50. The molecule has 1 aliphatic rings. The molecule has 0 bridgehead atoms. The summed E-state index contributed by atoms with van der Waals surface area (Å²) in [4.78, 5) is 19.1. The first-order chi connectivity index (χ1) is 15.7. The number of esters is 1. The van der Waals surface area contributed by atoms with E-state index < -0.39 is 0 Å². The Bertz CT molecular complexity index is 833. The van der Waals surface area contributed by atoms with E-state index in [0.717, 1.165) is 63.6 Å². The van der Waals surface area contributed by atoms with E-state index in [1.165, 1.54) is 0 Å². The molecule has 3 rings (SSSR count). The van der Waals surface area contributed by atoms with Gasteiger partial charge < -0.3 is 24.1 Å². The molecular formula is C23H35N5O4. The monoisotopic (exact) mass is 445 g/mol. The van der Waals surface area contributed by atoms with Gasteiger partial charge in [0.15, 0.2) is 5.96 Å². The minimum Gasteiger partial charge on any atom is -0.469 e. The van der Waals surface area contributed by atoms with Crippen molar-refractivity contribution in [3.05, 3.63) is 42.1 Å². The number of nitrogens with one attached hydrogen (secondary N) is 1. The molecule has 1 aliphatic heterocycles. The van der Waals surface area contributed by atoms with Crippen LogP contribution < -0.4 is 5.32 Å². The number of aromatic nitrogens is 2. The van der Waals surface area contributed by atoms with E-state index in [9.17, 15) is 4.79 Å². The lowest BCUT2D eigenvalue weighted by Crippen LogP contribution is -2.47. The maximum atomic E-state index is 12.0. The van der Waals surface area contributed by atoms with E-state index in [1.54, 1.807) is 25.6 Å². The minimum absolute atomic E-state index is 0.174. The third-order valence-corrected chi connectivity index (χ3v) is 5.33. The molecule has 0 aromatic carbocycles. The van der Waals surface area contributed by atoms with Crippen LogP contribution in [0.4, 0.5) is 0 Å². The lowest BCUT2D eigenvalue weighted by atomic mass is 10.1. The molecule has 1 N–H and O–H groups in total. The topological polar surface area (TPSA) is 94.1 Å². The minimum atomic E-state index is -0.331. The molecule has 1 saturated heterocycles. The van der Waals surface area contributed by atoms with Crippen molar-refractivity contribution in [3.63, 3.8) is 0 Å². The number of aliphatic imine (C=N–C) groups is 1. The molecule has 0 amide bonds. The second-order valence-corrected chi connectivity index (χ2v) is 7.68. The van der Waals surface area contributed by atoms with Gasteiger partial charge in [-0.2, -0.15) is 5.10 Å². The van der Waals surface area contributed by atoms with E-state index in [-0.39, 0.29) is 12.0 Å². The van der Waals surface area contributed by atoms with E-state index >= 15 is 0 Å². The SMILES string of the molecule is CCOCCCN=C(NCCc1ccco1)N1CCCC(n2cc(C(=O)OCC)cn2)C1. The summed E-state index contributed by atoms with van der Waals surface area (Å²) in [6, 6.07) is 4.06. The molecule has 0 aliphatic carbocycles. The van der Waals surface area contributed by atoms with E-state index in [2.05, 4.69) is 15.3 Å². The van der Waals surface area contributed by atoms with Crippen molar-refractivity contribution in [1.82, 2.24) is 20.0 Å². The number of hydrogen-bond acceptors (Lipinski definition) is 6. The molecule has 0 spiro atoms. The number of ether oxygens (including phenoxy) is 2. The first-order valence-corrected chi connectivity index (χ1v) is 11.6. The van der Waals surface area contributed by atoms with Crippen LogP contribution in [0.5, 0.6) is 0 Å². The number of piperidine rings is 1. The first kappa shape index (κ1) is 23.8. The van der Waals surface area contributed by atoms with Gasteiger partial charge in [0, 0.05) is 52.0 Å². The number of hydrogen-bond donors (Lipinski definition) is 1. The standard InChI is InChI=1S/C23H35N5O4/c1-3-30-14-7-11-24-23(25-12-10-21-9-6-15-32-21)27-13-5-8-20(18-27)28-17-19(16-26-28)22(29)31-4-2/h6,9,15-17,20H,3-5,7-8,10-14,18H2,1-2H3,(H,24,25). The highest BCUT2D eigenvalue weighted by Crippen LogP contribution is 2.21. The van der Waals surface area contributed by atoms with E-state index in [1.807, 2.05) is 23.7 Å². The van der Waals surface area contributed by atoms with Crippen LogP contribution in [0.3, 0.4) is 0 Å². The summed E-state index contributed by atoms with van der Waals surface area (Å²) in [7, 11) is 0. The van der Waals surface area contributed by atoms with Crippen molar-refractivity contribution in [2.45, 2.75) is 45.6 Å². The smallest absolute Gasteiger partial charge is 0.341 e. The lowest BCUT2D eigenvalue weighted by molar-refractivity contribution is 0.0526. The van der Waals surface area contributed by atoms with Crippen LogP contribution in [0.15, 0.2) is 40.2 Å². The Kier molecular flexibility index (Phi) is 9.61. The van der Waals surface area contributed by atoms with Gasteiger partial charge in [-0.15, -0.1) is 0 Å². The van der Waals surface area contributed by atoms with Gasteiger partial charge in [0.1, 0.15) is 5.76 Å². The predicted octanol–water partition coefficient (Wildman–Crippen LogP) is 2.90. The van der Waals surface area contributed by atoms with Gasteiger partial charge in [0.25, 0.3) is 0 Å². The van der Waals surface area contributed by atoms with Crippen LogP contribution in [0, 0.1) is 0 Å². The Morgan fingerprint density at radius 2 is 2.28 bits per heavy atom. The quantitative estimate of drug-likeness (QED) is 0.246. The van der Waals surface area contributed by atoms with Gasteiger partial charge in [-0.05, 0) is 45.2 Å². The van der Waals surface area contributed by atoms with E-state index in [0.29, 0.717) is 25.3 Å². The Morgan fingerprint density at radius 1 is 1.38 bits per heavy atom. The van der Waals surface area contributed by atoms with Crippen LogP contribution in [-0.4, -0.2) is 72.6 Å². The fourth-order valence-corrected chi connectivity index (χ4v) is 3.74. The third kappa shape index (κ3) is 7.12. The zero-order valence-electron chi connectivity index (χ0n) is 19.2. The average molecular weight is 446 g/mol. The first-order valence-electron chi connectivity index (χ1n) is 11.6. The fraction of sp³-hybridized carbons (Fsp3) is 0.609. The van der Waals surface area contributed by atoms with Gasteiger partial charge in [-0.3, -0.25) is 9.67 Å². The van der Waals surface area contributed by atoms with Crippen molar-refractivity contribution in [2.75, 3.05) is 46.0 Å². The number of furan rings is 1. The zero-order valence-corrected chi connectivity index (χ0v) is 19.2. The number of nitrogens with zero attached hydrogens (tertiary/aromatic N) is 4. The van der Waals surface area contributed by atoms with Gasteiger partial charge >= 0.3 is 5.97 Å². The van der Waals surface area contributed by atoms with Crippen molar-refractivity contribution in [2.24, 2.45) is 4.99 Å². The Balaban J connectivity index is 1.61. The molecule has 1 atom stereocenters. The van der Waals surface area contributed by atoms with Crippen LogP contribution in [0.1, 0.15) is 55.3 Å². The zero-order chi connectivity index (χ0) is 22.6. The maximum absolute atomic E-state index is 12.0. The molecule has 3 heterocycles. The van der Waals surface area contributed by atoms with Crippen LogP contribution in [0.25, 0.3) is 0 Å². The predicted molar refractivity (Wildman–Crippen MR) is 122 cm³/mol. The molecule has 32 heavy (non-hydrogen) atoms. The highest BCUT2D eigenvalue weighted by atomic mass is 16.5. The number of rotatable bonds is 11. The third-order valence-electron chi connectivity index (χ3n) is 5.33. The molecule has 2 aromatic rings. The van der Waals surface area contributed by atoms with Gasteiger partial charge in [0.2, 0.25) is 0 Å². The number of guanidine groups is 1. The summed E-state index contributed by atoms with van der Waals surface area (Å²) in [5.74, 6) is 1.52. The second kappa shape index (κ2) is 12.9. The van der Waals surface area contributed by atoms with Crippen LogP contribution in [0.2, 0.25) is 0 Å². The van der Waals surface area contributed by atoms with Crippen molar-refractivity contribution in [3.8, 4) is 0 Å². The molecule has 1 unspecified atom stereocenters. The molecule has 0 saturated carbocycles. The Labute approximate surface area is 189 Å². The second-order valence-electron chi connectivity index (χ2n) is 7.68. The van der Waals surface area contributed by atoms with Gasteiger partial charge in [-0.25, -0.2) is 4.79 Å². The van der Waals surface area contributed by atoms with Crippen molar-refractivity contribution in [1.29, 1.82) is 0 Å². The fourth-order valence-electron chi connectivity index (χ4n) is 3.74. The Hall–Kier alpha value is -2.81.